The Hall–Kier alpha value is -5.22. The molecule has 0 N–H and O–H groups in total. The molecule has 0 spiro atoms. The summed E-state index contributed by atoms with van der Waals surface area (Å²) in [6.07, 6.45) is 0. The Balaban J connectivity index is 1.29. The van der Waals surface area contributed by atoms with Crippen molar-refractivity contribution in [1.82, 2.24) is 9.13 Å². The van der Waals surface area contributed by atoms with Crippen molar-refractivity contribution < 1.29 is 0 Å². The van der Waals surface area contributed by atoms with E-state index in [-0.39, 0.29) is 6.71 Å². The Morgan fingerprint density at radius 2 is 0.681 bits per heavy atom. The van der Waals surface area contributed by atoms with Crippen LogP contribution in [0.2, 0.25) is 10.0 Å². The van der Waals surface area contributed by atoms with Gasteiger partial charge >= 0.3 is 0 Å². The summed E-state index contributed by atoms with van der Waals surface area (Å²) in [6, 6.07) is 57.8. The second-order valence-electron chi connectivity index (χ2n) is 12.1. The number of rotatable bonds is 5. The fourth-order valence-electron chi connectivity index (χ4n) is 7.41. The van der Waals surface area contributed by atoms with E-state index in [2.05, 4.69) is 173 Å². The van der Waals surface area contributed by atoms with Gasteiger partial charge in [0.15, 0.2) is 0 Å². The van der Waals surface area contributed by atoms with Crippen molar-refractivity contribution in [3.63, 3.8) is 0 Å². The number of hydrogen-bond acceptors (Lipinski definition) is 0. The second-order valence-corrected chi connectivity index (χ2v) is 12.9. The van der Waals surface area contributed by atoms with Crippen molar-refractivity contribution >= 4 is 89.9 Å². The third-order valence-electron chi connectivity index (χ3n) is 9.29. The first-order valence-corrected chi connectivity index (χ1v) is 16.5. The summed E-state index contributed by atoms with van der Waals surface area (Å²) < 4.78 is 4.65. The number of para-hydroxylation sites is 4. The molecule has 2 aromatic heterocycles. The summed E-state index contributed by atoms with van der Waals surface area (Å²) in [5.41, 5.74) is 9.99. The van der Waals surface area contributed by atoms with Gasteiger partial charge in [0.2, 0.25) is 6.71 Å². The van der Waals surface area contributed by atoms with Crippen LogP contribution in [0.3, 0.4) is 0 Å². The smallest absolute Gasteiger partial charge is 0.241 e. The molecule has 7 aromatic carbocycles. The maximum absolute atomic E-state index is 7.02. The minimum Gasteiger partial charge on any atom is -0.309 e. The number of halogens is 2. The lowest BCUT2D eigenvalue weighted by molar-refractivity contribution is 1.18. The highest BCUT2D eigenvalue weighted by Crippen LogP contribution is 2.34. The molecule has 0 aliphatic carbocycles. The molecule has 0 radical (unpaired) electrons. The van der Waals surface area contributed by atoms with Crippen molar-refractivity contribution in [3.05, 3.63) is 174 Å². The molecule has 9 aromatic rings. The third-order valence-corrected chi connectivity index (χ3v) is 9.72. The van der Waals surface area contributed by atoms with E-state index >= 15 is 0 Å². The summed E-state index contributed by atoms with van der Waals surface area (Å²) in [6.45, 7) is -0.118. The number of hydrogen-bond donors (Lipinski definition) is 0. The summed E-state index contributed by atoms with van der Waals surface area (Å²) in [4.78, 5) is 0. The van der Waals surface area contributed by atoms with E-state index in [0.717, 1.165) is 44.4 Å². The molecule has 2 heterocycles. The van der Waals surface area contributed by atoms with Gasteiger partial charge in [-0.05, 0) is 60.7 Å². The standard InChI is InChI=1S/C42H27BCl2N2/c44-31-22-29(24-33(26-31)46-39-18-8-4-14-35(39)36-15-5-9-19-40(36)46)43(28-12-2-1-3-13-28)30-23-32(45)27-34(25-30)47-41-20-10-6-16-37(41)38-17-7-11-21-42(38)47/h1-27H. The normalized spacial score (nSPS) is 11.6. The minimum absolute atomic E-state index is 0.118. The molecule has 0 bridgehead atoms. The van der Waals surface area contributed by atoms with Crippen molar-refractivity contribution in [2.24, 2.45) is 0 Å². The van der Waals surface area contributed by atoms with Gasteiger partial charge in [-0.1, -0.05) is 143 Å². The maximum Gasteiger partial charge on any atom is 0.241 e. The minimum atomic E-state index is -0.118. The number of benzene rings is 7. The monoisotopic (exact) mass is 640 g/mol. The van der Waals surface area contributed by atoms with Gasteiger partial charge in [-0.15, -0.1) is 0 Å². The summed E-state index contributed by atoms with van der Waals surface area (Å²) in [7, 11) is 0. The van der Waals surface area contributed by atoms with Crippen molar-refractivity contribution in [1.29, 1.82) is 0 Å². The van der Waals surface area contributed by atoms with Crippen LogP contribution < -0.4 is 16.4 Å². The summed E-state index contributed by atoms with van der Waals surface area (Å²) >= 11 is 14.0. The fraction of sp³-hybridized carbons (Fsp3) is 0. The van der Waals surface area contributed by atoms with Gasteiger partial charge in [0.1, 0.15) is 0 Å². The average molecular weight is 641 g/mol. The molecule has 0 saturated carbocycles. The highest BCUT2D eigenvalue weighted by molar-refractivity contribution is 6.95. The molecule has 0 unspecified atom stereocenters. The predicted octanol–water partition coefficient (Wildman–Crippen LogP) is 9.70. The van der Waals surface area contributed by atoms with Crippen LogP contribution in [0, 0.1) is 0 Å². The second kappa shape index (κ2) is 11.2. The zero-order valence-corrected chi connectivity index (χ0v) is 26.8. The van der Waals surface area contributed by atoms with E-state index in [1.807, 2.05) is 0 Å². The van der Waals surface area contributed by atoms with E-state index in [9.17, 15) is 0 Å². The van der Waals surface area contributed by atoms with Crippen LogP contribution in [-0.4, -0.2) is 15.8 Å². The first-order chi connectivity index (χ1) is 23.1. The van der Waals surface area contributed by atoms with Crippen LogP contribution in [0.25, 0.3) is 55.0 Å². The van der Waals surface area contributed by atoms with Crippen LogP contribution in [0.1, 0.15) is 0 Å². The fourth-order valence-corrected chi connectivity index (χ4v) is 7.88. The van der Waals surface area contributed by atoms with Gasteiger partial charge in [-0.25, -0.2) is 0 Å². The Labute approximate surface area is 283 Å². The van der Waals surface area contributed by atoms with Gasteiger partial charge in [0, 0.05) is 43.0 Å². The molecule has 0 atom stereocenters. The van der Waals surface area contributed by atoms with Crippen LogP contribution in [0.15, 0.2) is 164 Å². The Morgan fingerprint density at radius 3 is 1.06 bits per heavy atom. The Kier molecular flexibility index (Phi) is 6.71. The molecule has 0 amide bonds. The zero-order chi connectivity index (χ0) is 31.5. The molecule has 9 rings (SSSR count). The molecule has 47 heavy (non-hydrogen) atoms. The van der Waals surface area contributed by atoms with Crippen LogP contribution in [-0.2, 0) is 0 Å². The molecule has 0 fully saturated rings. The number of fused-ring (bicyclic) bond motifs is 6. The van der Waals surface area contributed by atoms with Gasteiger partial charge in [0.25, 0.3) is 0 Å². The topological polar surface area (TPSA) is 9.86 Å². The molecule has 0 aliphatic rings. The quantitative estimate of drug-likeness (QED) is 0.166. The molecule has 222 valence electrons. The van der Waals surface area contributed by atoms with Crippen LogP contribution in [0.5, 0.6) is 0 Å². The van der Waals surface area contributed by atoms with E-state index in [0.29, 0.717) is 10.0 Å². The van der Waals surface area contributed by atoms with Crippen LogP contribution >= 0.6 is 23.2 Å². The third kappa shape index (κ3) is 4.66. The first-order valence-electron chi connectivity index (χ1n) is 15.8. The molecule has 0 saturated heterocycles. The first kappa shape index (κ1) is 28.0. The molecule has 5 heteroatoms. The highest BCUT2D eigenvalue weighted by Gasteiger charge is 2.25. The van der Waals surface area contributed by atoms with Gasteiger partial charge in [0.05, 0.1) is 22.1 Å². The maximum atomic E-state index is 7.02. The number of nitrogens with zero attached hydrogens (tertiary/aromatic N) is 2. The number of aromatic nitrogens is 2. The lowest BCUT2D eigenvalue weighted by atomic mass is 9.37. The molecule has 2 nitrogen and oxygen atoms in total. The molecular formula is C42H27BCl2N2. The van der Waals surface area contributed by atoms with Crippen LogP contribution in [0.4, 0.5) is 0 Å². The predicted molar refractivity (Wildman–Crippen MR) is 203 cm³/mol. The largest absolute Gasteiger partial charge is 0.309 e. The van der Waals surface area contributed by atoms with Crippen molar-refractivity contribution in [2.75, 3.05) is 0 Å². The Morgan fingerprint density at radius 1 is 0.340 bits per heavy atom. The highest BCUT2D eigenvalue weighted by atomic mass is 35.5. The summed E-state index contributed by atoms with van der Waals surface area (Å²) in [5, 5.41) is 6.24. The Bertz CT molecular complexity index is 2350. The van der Waals surface area contributed by atoms with E-state index < -0.39 is 0 Å². The van der Waals surface area contributed by atoms with Gasteiger partial charge < -0.3 is 9.13 Å². The van der Waals surface area contributed by atoms with Crippen molar-refractivity contribution in [2.45, 2.75) is 0 Å². The van der Waals surface area contributed by atoms with Gasteiger partial charge in [-0.3, -0.25) is 0 Å². The molecule has 0 aliphatic heterocycles. The van der Waals surface area contributed by atoms with E-state index in [4.69, 9.17) is 23.2 Å². The SMILES string of the molecule is Clc1cc(B(c2ccccc2)c2cc(Cl)cc(-n3c4ccccc4c4ccccc43)c2)cc(-n2c3ccccc3c3ccccc32)c1. The molecular weight excluding hydrogens is 614 g/mol. The van der Waals surface area contributed by atoms with E-state index in [1.54, 1.807) is 0 Å². The van der Waals surface area contributed by atoms with Gasteiger partial charge in [-0.2, -0.15) is 0 Å². The summed E-state index contributed by atoms with van der Waals surface area (Å²) in [5.74, 6) is 0. The lowest BCUT2D eigenvalue weighted by Gasteiger charge is -2.20. The average Bonchev–Trinajstić information content (AvgIpc) is 3.62. The van der Waals surface area contributed by atoms with Crippen molar-refractivity contribution in [3.8, 4) is 11.4 Å². The lowest BCUT2D eigenvalue weighted by Crippen LogP contribution is -2.52. The zero-order valence-electron chi connectivity index (χ0n) is 25.3. The van der Waals surface area contributed by atoms with E-state index in [1.165, 1.54) is 27.0 Å².